The number of thioether (sulfide) groups is 1. The van der Waals surface area contributed by atoms with E-state index in [9.17, 15) is 25.0 Å². The van der Waals surface area contributed by atoms with Gasteiger partial charge in [-0.05, 0) is 37.4 Å². The molecule has 0 radical (unpaired) electrons. The van der Waals surface area contributed by atoms with Gasteiger partial charge in [0.05, 0.1) is 9.85 Å². The zero-order chi connectivity index (χ0) is 21.8. The van der Waals surface area contributed by atoms with E-state index >= 15 is 0 Å². The number of non-ortho nitro benzene ring substituents is 1. The molecule has 3 rings (SSSR count). The molecule has 154 valence electrons. The Labute approximate surface area is 173 Å². The van der Waals surface area contributed by atoms with Crippen molar-refractivity contribution in [3.63, 3.8) is 0 Å². The number of nitrogens with zero attached hydrogens (tertiary/aromatic N) is 4. The summed E-state index contributed by atoms with van der Waals surface area (Å²) in [6.07, 6.45) is 0.797. The van der Waals surface area contributed by atoms with Crippen molar-refractivity contribution in [1.29, 1.82) is 0 Å². The number of carbonyl (C=O) groups is 1. The summed E-state index contributed by atoms with van der Waals surface area (Å²) < 4.78 is 10.8. The topological polar surface area (TPSA) is 152 Å². The predicted octanol–water partition coefficient (Wildman–Crippen LogP) is 4.19. The molecule has 2 aromatic carbocycles. The first-order chi connectivity index (χ1) is 14.3. The van der Waals surface area contributed by atoms with E-state index in [0.29, 0.717) is 10.5 Å². The summed E-state index contributed by atoms with van der Waals surface area (Å²) in [7, 11) is 0. The Kier molecular flexibility index (Phi) is 6.06. The molecule has 0 fully saturated rings. The van der Waals surface area contributed by atoms with Crippen LogP contribution in [0.5, 0.6) is 0 Å². The van der Waals surface area contributed by atoms with Gasteiger partial charge in [0.2, 0.25) is 5.89 Å². The van der Waals surface area contributed by atoms with Crippen LogP contribution >= 0.6 is 11.8 Å². The van der Waals surface area contributed by atoms with E-state index in [2.05, 4.69) is 10.2 Å². The van der Waals surface area contributed by atoms with Crippen LogP contribution in [0, 0.1) is 20.2 Å². The maximum atomic E-state index is 12.5. The maximum absolute atomic E-state index is 12.5. The standard InChI is InChI=1S/C18H14N4O7S/c1-10(28-18(23)14-9-13(30-2)7-8-15(14)22(26)27)16-19-20-17(29-16)11-3-5-12(6-4-11)21(24)25/h3-10H,1-2H3. The number of benzene rings is 2. The lowest BCUT2D eigenvalue weighted by atomic mass is 10.2. The van der Waals surface area contributed by atoms with Crippen LogP contribution in [0.3, 0.4) is 0 Å². The van der Waals surface area contributed by atoms with Crippen LogP contribution in [0.25, 0.3) is 11.5 Å². The van der Waals surface area contributed by atoms with Crippen molar-refractivity contribution < 1.29 is 23.8 Å². The minimum absolute atomic E-state index is 0.0274. The Hall–Kier alpha value is -3.80. The van der Waals surface area contributed by atoms with Crippen molar-refractivity contribution in [2.75, 3.05) is 6.26 Å². The number of aromatic nitrogens is 2. The average Bonchev–Trinajstić information content (AvgIpc) is 3.23. The van der Waals surface area contributed by atoms with Gasteiger partial charge in [0.15, 0.2) is 6.10 Å². The highest BCUT2D eigenvalue weighted by atomic mass is 32.2. The molecular formula is C18H14N4O7S. The van der Waals surface area contributed by atoms with Gasteiger partial charge in [-0.2, -0.15) is 0 Å². The fourth-order valence-electron chi connectivity index (χ4n) is 2.48. The summed E-state index contributed by atoms with van der Waals surface area (Å²) in [4.78, 5) is 33.9. The molecule has 1 unspecified atom stereocenters. The summed E-state index contributed by atoms with van der Waals surface area (Å²) in [5.74, 6) is -0.848. The van der Waals surface area contributed by atoms with Gasteiger partial charge in [-0.1, -0.05) is 0 Å². The van der Waals surface area contributed by atoms with Gasteiger partial charge in [-0.25, -0.2) is 4.79 Å². The fraction of sp³-hybridized carbons (Fsp3) is 0.167. The Morgan fingerprint density at radius 3 is 2.40 bits per heavy atom. The lowest BCUT2D eigenvalue weighted by Crippen LogP contribution is -2.11. The highest BCUT2D eigenvalue weighted by molar-refractivity contribution is 7.98. The monoisotopic (exact) mass is 430 g/mol. The van der Waals surface area contributed by atoms with Crippen LogP contribution in [0.15, 0.2) is 51.8 Å². The Balaban J connectivity index is 1.78. The third-order valence-electron chi connectivity index (χ3n) is 4.02. The third-order valence-corrected chi connectivity index (χ3v) is 4.74. The molecule has 0 aliphatic heterocycles. The Bertz CT molecular complexity index is 1110. The molecular weight excluding hydrogens is 416 g/mol. The first-order valence-corrected chi connectivity index (χ1v) is 9.64. The number of nitro benzene ring substituents is 2. The molecule has 1 heterocycles. The first-order valence-electron chi connectivity index (χ1n) is 8.41. The van der Waals surface area contributed by atoms with Crippen molar-refractivity contribution >= 4 is 29.1 Å². The Morgan fingerprint density at radius 1 is 1.10 bits per heavy atom. The summed E-state index contributed by atoms with van der Waals surface area (Å²) in [5, 5.41) is 29.6. The van der Waals surface area contributed by atoms with Crippen molar-refractivity contribution in [3.05, 3.63) is 74.1 Å². The quantitative estimate of drug-likeness (QED) is 0.231. The van der Waals surface area contributed by atoms with Gasteiger partial charge in [0.1, 0.15) is 5.56 Å². The maximum Gasteiger partial charge on any atom is 0.345 e. The molecule has 0 amide bonds. The summed E-state index contributed by atoms with van der Waals surface area (Å²) in [6, 6.07) is 9.64. The van der Waals surface area contributed by atoms with E-state index in [1.54, 1.807) is 6.26 Å². The predicted molar refractivity (Wildman–Crippen MR) is 105 cm³/mol. The van der Waals surface area contributed by atoms with Gasteiger partial charge in [-0.15, -0.1) is 22.0 Å². The number of hydrogen-bond donors (Lipinski definition) is 0. The zero-order valence-corrected chi connectivity index (χ0v) is 16.5. The summed E-state index contributed by atoms with van der Waals surface area (Å²) in [5.41, 5.74) is -0.202. The van der Waals surface area contributed by atoms with E-state index in [4.69, 9.17) is 9.15 Å². The van der Waals surface area contributed by atoms with Crippen LogP contribution in [0.1, 0.15) is 29.3 Å². The minimum atomic E-state index is -0.977. The lowest BCUT2D eigenvalue weighted by molar-refractivity contribution is -0.385. The molecule has 30 heavy (non-hydrogen) atoms. The number of esters is 1. The van der Waals surface area contributed by atoms with E-state index < -0.39 is 21.9 Å². The van der Waals surface area contributed by atoms with Crippen LogP contribution in [-0.2, 0) is 4.74 Å². The number of rotatable bonds is 7. The van der Waals surface area contributed by atoms with E-state index in [-0.39, 0.29) is 28.7 Å². The highest BCUT2D eigenvalue weighted by Crippen LogP contribution is 2.28. The number of nitro groups is 2. The van der Waals surface area contributed by atoms with E-state index in [0.717, 1.165) is 0 Å². The molecule has 0 aliphatic rings. The number of hydrogen-bond acceptors (Lipinski definition) is 10. The molecule has 0 bridgehead atoms. The molecule has 0 N–H and O–H groups in total. The van der Waals surface area contributed by atoms with Gasteiger partial charge in [-0.3, -0.25) is 20.2 Å². The SMILES string of the molecule is CSc1ccc([N+](=O)[O-])c(C(=O)OC(C)c2nnc(-c3ccc([N+](=O)[O-])cc3)o2)c1. The van der Waals surface area contributed by atoms with Crippen molar-refractivity contribution in [2.24, 2.45) is 0 Å². The second-order valence-corrected chi connectivity index (χ2v) is 6.82. The van der Waals surface area contributed by atoms with E-state index in [1.165, 1.54) is 61.2 Å². The van der Waals surface area contributed by atoms with Crippen molar-refractivity contribution in [2.45, 2.75) is 17.9 Å². The zero-order valence-electron chi connectivity index (χ0n) is 15.7. The molecule has 0 aliphatic carbocycles. The van der Waals surface area contributed by atoms with Gasteiger partial charge < -0.3 is 9.15 Å². The molecule has 0 saturated heterocycles. The van der Waals surface area contributed by atoms with Gasteiger partial charge >= 0.3 is 5.97 Å². The van der Waals surface area contributed by atoms with Crippen LogP contribution in [0.4, 0.5) is 11.4 Å². The molecule has 1 aromatic heterocycles. The van der Waals surface area contributed by atoms with Crippen LogP contribution in [0.2, 0.25) is 0 Å². The van der Waals surface area contributed by atoms with Crippen molar-refractivity contribution in [3.8, 4) is 11.5 Å². The van der Waals surface area contributed by atoms with Gasteiger partial charge in [0, 0.05) is 28.7 Å². The molecule has 3 aromatic rings. The second kappa shape index (κ2) is 8.69. The largest absolute Gasteiger partial charge is 0.449 e. The third kappa shape index (κ3) is 4.43. The molecule has 11 nitrogen and oxygen atoms in total. The Morgan fingerprint density at radius 2 is 1.80 bits per heavy atom. The molecule has 1 atom stereocenters. The first kappa shape index (κ1) is 20.9. The summed E-state index contributed by atoms with van der Waals surface area (Å²) >= 11 is 1.33. The van der Waals surface area contributed by atoms with E-state index in [1.807, 2.05) is 0 Å². The molecule has 0 saturated carbocycles. The summed E-state index contributed by atoms with van der Waals surface area (Å²) in [6.45, 7) is 1.48. The minimum Gasteiger partial charge on any atom is -0.449 e. The van der Waals surface area contributed by atoms with Crippen molar-refractivity contribution in [1.82, 2.24) is 10.2 Å². The lowest BCUT2D eigenvalue weighted by Gasteiger charge is -2.10. The van der Waals surface area contributed by atoms with Gasteiger partial charge in [0.25, 0.3) is 17.3 Å². The molecule has 0 spiro atoms. The second-order valence-electron chi connectivity index (χ2n) is 5.94. The highest BCUT2D eigenvalue weighted by Gasteiger charge is 2.26. The smallest absolute Gasteiger partial charge is 0.345 e. The number of ether oxygens (including phenoxy) is 1. The molecule has 12 heteroatoms. The normalized spacial score (nSPS) is 11.7. The van der Waals surface area contributed by atoms with Crippen LogP contribution in [-0.4, -0.2) is 32.3 Å². The number of carbonyl (C=O) groups excluding carboxylic acids is 1. The van der Waals surface area contributed by atoms with Crippen LogP contribution < -0.4 is 0 Å². The fourth-order valence-corrected chi connectivity index (χ4v) is 2.92. The average molecular weight is 430 g/mol.